The van der Waals surface area contributed by atoms with E-state index in [0.29, 0.717) is 17.2 Å². The van der Waals surface area contributed by atoms with Crippen LogP contribution in [0.2, 0.25) is 0 Å². The van der Waals surface area contributed by atoms with Crippen molar-refractivity contribution in [2.75, 3.05) is 11.4 Å². The number of carbonyl (C=O) groups is 1. The number of allylic oxidation sites excluding steroid dienone is 2. The molecule has 1 aliphatic carbocycles. The molecule has 0 atom stereocenters. The third-order valence-electron chi connectivity index (χ3n) is 7.33. The number of hydrogen-bond donors (Lipinski definition) is 2. The molecule has 4 rings (SSSR count). The third-order valence-corrected chi connectivity index (χ3v) is 7.33. The molecule has 2 N–H and O–H groups in total. The van der Waals surface area contributed by atoms with Crippen LogP contribution < -0.4 is 15.8 Å². The zero-order chi connectivity index (χ0) is 23.4. The van der Waals surface area contributed by atoms with Gasteiger partial charge in [-0.2, -0.15) is 0 Å². The summed E-state index contributed by atoms with van der Waals surface area (Å²) < 4.78 is 0. The van der Waals surface area contributed by atoms with E-state index in [2.05, 4.69) is 47.3 Å². The van der Waals surface area contributed by atoms with Gasteiger partial charge in [-0.25, -0.2) is 0 Å². The maximum atomic E-state index is 13.3. The first kappa shape index (κ1) is 23.3. The molecule has 2 aromatic rings. The highest BCUT2D eigenvalue weighted by Gasteiger charge is 2.26. The number of aryl methyl sites for hydroxylation is 2. The molecule has 5 nitrogen and oxygen atoms in total. The lowest BCUT2D eigenvalue weighted by Gasteiger charge is -2.38. The Hall–Kier alpha value is -2.82. The van der Waals surface area contributed by atoms with E-state index in [1.807, 2.05) is 25.1 Å². The SMILES string of the molecule is CCN(c1cccc2c1C/C=C/CCc1cc(C)[nH]c(=O)c1CNC2=O)C1CCC(C)CC1. The summed E-state index contributed by atoms with van der Waals surface area (Å²) in [6.45, 7) is 7.64. The topological polar surface area (TPSA) is 65.2 Å². The number of aromatic nitrogens is 1. The molecular weight excluding hydrogens is 410 g/mol. The number of fused-ring (bicyclic) bond motifs is 2. The van der Waals surface area contributed by atoms with E-state index in [4.69, 9.17) is 0 Å². The molecule has 0 saturated heterocycles. The van der Waals surface area contributed by atoms with Crippen LogP contribution in [0.3, 0.4) is 0 Å². The Morgan fingerprint density at radius 1 is 1.06 bits per heavy atom. The number of pyridine rings is 1. The van der Waals surface area contributed by atoms with Crippen molar-refractivity contribution in [3.05, 3.63) is 74.7 Å². The summed E-state index contributed by atoms with van der Waals surface area (Å²) in [4.78, 5) is 31.3. The van der Waals surface area contributed by atoms with Crippen LogP contribution in [0.25, 0.3) is 0 Å². The van der Waals surface area contributed by atoms with Gasteiger partial charge in [0.05, 0.1) is 0 Å². The molecular formula is C28H37N3O2. The summed E-state index contributed by atoms with van der Waals surface area (Å²) in [5.41, 5.74) is 5.40. The average molecular weight is 448 g/mol. The van der Waals surface area contributed by atoms with Crippen LogP contribution in [0.4, 0.5) is 5.69 Å². The summed E-state index contributed by atoms with van der Waals surface area (Å²) in [6, 6.07) is 8.65. The quantitative estimate of drug-likeness (QED) is 0.646. The molecule has 1 fully saturated rings. The van der Waals surface area contributed by atoms with Crippen LogP contribution in [0.5, 0.6) is 0 Å². The first-order valence-electron chi connectivity index (χ1n) is 12.5. The summed E-state index contributed by atoms with van der Waals surface area (Å²) in [5, 5.41) is 3.04. The number of benzene rings is 1. The molecule has 2 aliphatic rings. The first-order chi connectivity index (χ1) is 16.0. The number of H-pyrrole nitrogens is 1. The van der Waals surface area contributed by atoms with E-state index in [9.17, 15) is 9.59 Å². The molecule has 176 valence electrons. The molecule has 1 aliphatic heterocycles. The Labute approximate surface area is 197 Å². The van der Waals surface area contributed by atoms with Gasteiger partial charge in [0, 0.05) is 41.6 Å². The van der Waals surface area contributed by atoms with Gasteiger partial charge < -0.3 is 15.2 Å². The lowest BCUT2D eigenvalue weighted by atomic mass is 9.86. The molecule has 1 aromatic carbocycles. The van der Waals surface area contributed by atoms with Crippen molar-refractivity contribution in [3.63, 3.8) is 0 Å². The highest BCUT2D eigenvalue weighted by molar-refractivity contribution is 5.97. The van der Waals surface area contributed by atoms with Gasteiger partial charge in [0.15, 0.2) is 0 Å². The van der Waals surface area contributed by atoms with Crippen molar-refractivity contribution in [2.24, 2.45) is 5.92 Å². The van der Waals surface area contributed by atoms with Gasteiger partial charge in [0.25, 0.3) is 11.5 Å². The standard InChI is InChI=1S/C28H37N3O2/c1-4-31(22-15-13-19(2)14-16-22)26-12-8-11-24-23(26)10-7-5-6-9-21-17-20(3)30-28(33)25(21)18-29-27(24)32/h5,7-8,11-12,17,19,22H,4,6,9-10,13-16,18H2,1-3H3,(H,29,32)(H,30,33)/b7-5+. The summed E-state index contributed by atoms with van der Waals surface area (Å²) in [6.07, 6.45) is 11.7. The summed E-state index contributed by atoms with van der Waals surface area (Å²) in [7, 11) is 0. The van der Waals surface area contributed by atoms with E-state index < -0.39 is 0 Å². The molecule has 1 amide bonds. The van der Waals surface area contributed by atoms with Crippen LogP contribution in [0, 0.1) is 12.8 Å². The number of amides is 1. The zero-order valence-corrected chi connectivity index (χ0v) is 20.2. The van der Waals surface area contributed by atoms with Crippen molar-refractivity contribution in [1.29, 1.82) is 0 Å². The predicted molar refractivity (Wildman–Crippen MR) is 135 cm³/mol. The minimum Gasteiger partial charge on any atom is -0.369 e. The molecule has 2 heterocycles. The number of carbonyl (C=O) groups excluding carboxylic acids is 1. The molecule has 0 radical (unpaired) electrons. The van der Waals surface area contributed by atoms with E-state index in [0.717, 1.165) is 48.5 Å². The number of hydrogen-bond acceptors (Lipinski definition) is 3. The number of anilines is 1. The highest BCUT2D eigenvalue weighted by Crippen LogP contribution is 2.33. The van der Waals surface area contributed by atoms with Crippen molar-refractivity contribution in [1.82, 2.24) is 10.3 Å². The van der Waals surface area contributed by atoms with Gasteiger partial charge in [0.2, 0.25) is 0 Å². The summed E-state index contributed by atoms with van der Waals surface area (Å²) >= 11 is 0. The minimum absolute atomic E-state index is 0.107. The number of rotatable bonds is 3. The fraction of sp³-hybridized carbons (Fsp3) is 0.500. The lowest BCUT2D eigenvalue weighted by molar-refractivity contribution is 0.0950. The van der Waals surface area contributed by atoms with Crippen LogP contribution in [0.1, 0.15) is 78.7 Å². The largest absolute Gasteiger partial charge is 0.369 e. The van der Waals surface area contributed by atoms with E-state index in [1.165, 1.54) is 31.4 Å². The zero-order valence-electron chi connectivity index (χ0n) is 20.2. The number of nitrogens with zero attached hydrogens (tertiary/aromatic N) is 1. The summed E-state index contributed by atoms with van der Waals surface area (Å²) in [5.74, 6) is 0.694. The Kier molecular flexibility index (Phi) is 7.36. The number of nitrogens with one attached hydrogen (secondary N) is 2. The first-order valence-corrected chi connectivity index (χ1v) is 12.5. The van der Waals surface area contributed by atoms with Crippen molar-refractivity contribution in [2.45, 2.75) is 78.3 Å². The Bertz CT molecular complexity index is 1080. The van der Waals surface area contributed by atoms with Crippen LogP contribution in [-0.4, -0.2) is 23.5 Å². The van der Waals surface area contributed by atoms with E-state index in [1.54, 1.807) is 0 Å². The molecule has 0 unspecified atom stereocenters. The molecule has 33 heavy (non-hydrogen) atoms. The fourth-order valence-electron chi connectivity index (χ4n) is 5.47. The van der Waals surface area contributed by atoms with Crippen molar-refractivity contribution < 1.29 is 4.79 Å². The van der Waals surface area contributed by atoms with E-state index in [-0.39, 0.29) is 18.0 Å². The Balaban J connectivity index is 1.68. The van der Waals surface area contributed by atoms with Crippen LogP contribution in [-0.2, 0) is 19.4 Å². The maximum absolute atomic E-state index is 13.3. The monoisotopic (exact) mass is 447 g/mol. The molecule has 0 spiro atoms. The second kappa shape index (κ2) is 10.4. The van der Waals surface area contributed by atoms with Gasteiger partial charge in [-0.1, -0.05) is 25.1 Å². The van der Waals surface area contributed by atoms with Gasteiger partial charge >= 0.3 is 0 Å². The number of aromatic amines is 1. The van der Waals surface area contributed by atoms with Gasteiger partial charge in [-0.15, -0.1) is 0 Å². The smallest absolute Gasteiger partial charge is 0.253 e. The second-order valence-corrected chi connectivity index (χ2v) is 9.69. The minimum atomic E-state index is -0.111. The van der Waals surface area contributed by atoms with Gasteiger partial charge in [-0.3, -0.25) is 9.59 Å². The Morgan fingerprint density at radius 2 is 1.85 bits per heavy atom. The average Bonchev–Trinajstić information content (AvgIpc) is 2.79. The van der Waals surface area contributed by atoms with Crippen LogP contribution >= 0.6 is 0 Å². The van der Waals surface area contributed by atoms with Gasteiger partial charge in [0.1, 0.15) is 0 Å². The normalized spacial score (nSPS) is 22.2. The lowest BCUT2D eigenvalue weighted by Crippen LogP contribution is -2.39. The van der Waals surface area contributed by atoms with Crippen LogP contribution in [0.15, 0.2) is 41.2 Å². The third kappa shape index (κ3) is 5.23. The molecule has 1 aromatic heterocycles. The predicted octanol–water partition coefficient (Wildman–Crippen LogP) is 5.06. The van der Waals surface area contributed by atoms with Crippen molar-refractivity contribution in [3.8, 4) is 0 Å². The maximum Gasteiger partial charge on any atom is 0.253 e. The second-order valence-electron chi connectivity index (χ2n) is 9.69. The molecule has 5 heteroatoms. The van der Waals surface area contributed by atoms with E-state index >= 15 is 0 Å². The van der Waals surface area contributed by atoms with Crippen molar-refractivity contribution >= 4 is 11.6 Å². The highest BCUT2D eigenvalue weighted by atomic mass is 16.1. The Morgan fingerprint density at radius 3 is 2.61 bits per heavy atom. The fourth-order valence-corrected chi connectivity index (χ4v) is 5.47. The van der Waals surface area contributed by atoms with Gasteiger partial charge in [-0.05, 0) is 94.0 Å². The molecule has 0 bridgehead atoms. The molecule has 1 saturated carbocycles.